The van der Waals surface area contributed by atoms with E-state index in [1.165, 1.54) is 11.0 Å². The number of hydrogen-bond donors (Lipinski definition) is 1. The fourth-order valence-electron chi connectivity index (χ4n) is 1.82. The number of carbonyl (C=O) groups is 2. The van der Waals surface area contributed by atoms with Crippen molar-refractivity contribution in [2.24, 2.45) is 0 Å². The molecule has 20 heavy (non-hydrogen) atoms. The van der Waals surface area contributed by atoms with Crippen molar-refractivity contribution in [2.75, 3.05) is 11.4 Å². The van der Waals surface area contributed by atoms with Gasteiger partial charge in [0.25, 0.3) is 0 Å². The second-order valence-corrected chi connectivity index (χ2v) is 4.43. The third-order valence-electron chi connectivity index (χ3n) is 2.82. The van der Waals surface area contributed by atoms with Gasteiger partial charge in [0.05, 0.1) is 10.7 Å². The zero-order valence-electron chi connectivity index (χ0n) is 11.8. The molecule has 1 saturated heterocycles. The van der Waals surface area contributed by atoms with Crippen LogP contribution >= 0.6 is 11.6 Å². The van der Waals surface area contributed by atoms with Gasteiger partial charge in [-0.25, -0.2) is 9.18 Å². The van der Waals surface area contributed by atoms with Crippen molar-refractivity contribution in [1.29, 1.82) is 0 Å². The minimum Gasteiger partial charge on any atom is -0.291 e. The molecule has 6 heteroatoms. The van der Waals surface area contributed by atoms with Gasteiger partial charge in [0.2, 0.25) is 5.91 Å². The molecule has 1 fully saturated rings. The summed E-state index contributed by atoms with van der Waals surface area (Å²) in [5.74, 6) is -0.993. The minimum atomic E-state index is -0.640. The molecule has 1 aromatic rings. The van der Waals surface area contributed by atoms with E-state index in [1.807, 2.05) is 20.8 Å². The molecule has 0 atom stereocenters. The molecule has 1 aromatic carbocycles. The van der Waals surface area contributed by atoms with Crippen molar-refractivity contribution < 1.29 is 14.0 Å². The Morgan fingerprint density at radius 2 is 2.00 bits per heavy atom. The van der Waals surface area contributed by atoms with Crippen LogP contribution in [0.3, 0.4) is 0 Å². The lowest BCUT2D eigenvalue weighted by Gasteiger charge is -2.27. The van der Waals surface area contributed by atoms with Crippen molar-refractivity contribution in [2.45, 2.75) is 33.6 Å². The Morgan fingerprint density at radius 3 is 2.55 bits per heavy atom. The Kier molecular flexibility index (Phi) is 5.95. The molecule has 2 rings (SSSR count). The summed E-state index contributed by atoms with van der Waals surface area (Å²) in [5.41, 5.74) is 0.949. The Labute approximate surface area is 122 Å². The number of nitrogens with zero attached hydrogens (tertiary/aromatic N) is 1. The highest BCUT2D eigenvalue weighted by Gasteiger charge is 2.27. The maximum absolute atomic E-state index is 13.9. The van der Waals surface area contributed by atoms with Crippen LogP contribution in [0.15, 0.2) is 12.1 Å². The molecule has 110 valence electrons. The van der Waals surface area contributed by atoms with Crippen LogP contribution in [0.1, 0.15) is 32.8 Å². The van der Waals surface area contributed by atoms with Crippen LogP contribution in [0.25, 0.3) is 0 Å². The van der Waals surface area contributed by atoms with Crippen molar-refractivity contribution >= 4 is 29.2 Å². The quantitative estimate of drug-likeness (QED) is 0.908. The summed E-state index contributed by atoms with van der Waals surface area (Å²) in [6.45, 7) is 6.07. The monoisotopic (exact) mass is 300 g/mol. The number of urea groups is 1. The minimum absolute atomic E-state index is 0.0194. The van der Waals surface area contributed by atoms with Gasteiger partial charge in [0, 0.05) is 13.0 Å². The molecule has 0 aliphatic carbocycles. The molecule has 0 aromatic heterocycles. The largest absolute Gasteiger partial charge is 0.328 e. The lowest BCUT2D eigenvalue weighted by Crippen LogP contribution is -2.49. The van der Waals surface area contributed by atoms with Crippen molar-refractivity contribution in [3.63, 3.8) is 0 Å². The van der Waals surface area contributed by atoms with E-state index in [0.717, 1.165) is 5.56 Å². The number of nitrogens with one attached hydrogen (secondary N) is 1. The lowest BCUT2D eigenvalue weighted by atomic mass is 10.1. The van der Waals surface area contributed by atoms with Crippen LogP contribution < -0.4 is 10.2 Å². The number of rotatable bonds is 2. The average molecular weight is 301 g/mol. The Balaban J connectivity index is 0.000000956. The molecule has 0 spiro atoms. The molecule has 0 unspecified atom stereocenters. The molecule has 1 aliphatic rings. The van der Waals surface area contributed by atoms with Gasteiger partial charge in [-0.1, -0.05) is 32.4 Å². The smallest absolute Gasteiger partial charge is 0.291 e. The van der Waals surface area contributed by atoms with Crippen molar-refractivity contribution in [1.82, 2.24) is 5.32 Å². The highest BCUT2D eigenvalue weighted by molar-refractivity contribution is 6.31. The van der Waals surface area contributed by atoms with Gasteiger partial charge >= 0.3 is 6.03 Å². The van der Waals surface area contributed by atoms with E-state index < -0.39 is 11.8 Å². The van der Waals surface area contributed by atoms with Gasteiger partial charge in [0.1, 0.15) is 0 Å². The number of aryl methyl sites for hydroxylation is 1. The molecular weight excluding hydrogens is 283 g/mol. The molecule has 1 aliphatic heterocycles. The van der Waals surface area contributed by atoms with E-state index >= 15 is 0 Å². The summed E-state index contributed by atoms with van der Waals surface area (Å²) in [4.78, 5) is 23.9. The highest BCUT2D eigenvalue weighted by atomic mass is 35.5. The van der Waals surface area contributed by atoms with Gasteiger partial charge in [-0.15, -0.1) is 0 Å². The Morgan fingerprint density at radius 1 is 1.35 bits per heavy atom. The number of amides is 3. The lowest BCUT2D eigenvalue weighted by molar-refractivity contribution is -0.120. The summed E-state index contributed by atoms with van der Waals surface area (Å²) >= 11 is 5.79. The van der Waals surface area contributed by atoms with Crippen LogP contribution in [0.5, 0.6) is 0 Å². The molecule has 3 amide bonds. The van der Waals surface area contributed by atoms with Gasteiger partial charge in [0.15, 0.2) is 5.82 Å². The molecule has 0 bridgehead atoms. The van der Waals surface area contributed by atoms with Crippen LogP contribution in [-0.2, 0) is 11.2 Å². The highest BCUT2D eigenvalue weighted by Crippen LogP contribution is 2.29. The summed E-state index contributed by atoms with van der Waals surface area (Å²) in [7, 11) is 0. The van der Waals surface area contributed by atoms with Crippen molar-refractivity contribution in [3.05, 3.63) is 28.5 Å². The number of benzene rings is 1. The van der Waals surface area contributed by atoms with Gasteiger partial charge in [-0.3, -0.25) is 15.0 Å². The molecule has 4 nitrogen and oxygen atoms in total. The summed E-state index contributed by atoms with van der Waals surface area (Å²) in [5, 5.41) is 2.13. The predicted octanol–water partition coefficient (Wildman–Crippen LogP) is 3.51. The summed E-state index contributed by atoms with van der Waals surface area (Å²) in [6, 6.07) is 2.50. The normalized spacial score (nSPS) is 14.6. The summed E-state index contributed by atoms with van der Waals surface area (Å²) < 4.78 is 13.9. The van der Waals surface area contributed by atoms with E-state index in [4.69, 9.17) is 11.6 Å². The fraction of sp³-hybridized carbons (Fsp3) is 0.429. The Bertz CT molecular complexity index is 520. The number of hydrogen-bond acceptors (Lipinski definition) is 2. The zero-order chi connectivity index (χ0) is 15.3. The van der Waals surface area contributed by atoms with E-state index in [1.54, 1.807) is 6.07 Å². The predicted molar refractivity (Wildman–Crippen MR) is 77.6 cm³/mol. The second-order valence-electron chi connectivity index (χ2n) is 4.02. The van der Waals surface area contributed by atoms with Gasteiger partial charge in [-0.05, 0) is 24.1 Å². The van der Waals surface area contributed by atoms with E-state index in [0.29, 0.717) is 6.42 Å². The zero-order valence-corrected chi connectivity index (χ0v) is 12.6. The fourth-order valence-corrected chi connectivity index (χ4v) is 2.06. The average Bonchev–Trinajstić information content (AvgIpc) is 2.44. The summed E-state index contributed by atoms with van der Waals surface area (Å²) in [6.07, 6.45) is 0.834. The maximum atomic E-state index is 13.9. The second kappa shape index (κ2) is 7.24. The maximum Gasteiger partial charge on any atom is 0.328 e. The van der Waals surface area contributed by atoms with Gasteiger partial charge < -0.3 is 0 Å². The first-order valence-corrected chi connectivity index (χ1v) is 7.00. The number of halogens is 2. The third kappa shape index (κ3) is 3.48. The molecular formula is C14H18ClFN2O2. The Hall–Kier alpha value is -1.62. The van der Waals surface area contributed by atoms with Gasteiger partial charge in [-0.2, -0.15) is 0 Å². The van der Waals surface area contributed by atoms with E-state index in [2.05, 4.69) is 5.32 Å². The number of carbonyl (C=O) groups excluding carboxylic acids is 2. The molecule has 1 heterocycles. The first kappa shape index (κ1) is 16.4. The van der Waals surface area contributed by atoms with Crippen LogP contribution in [0, 0.1) is 5.82 Å². The van der Waals surface area contributed by atoms with Crippen LogP contribution in [0.4, 0.5) is 14.9 Å². The molecule has 1 N–H and O–H groups in total. The van der Waals surface area contributed by atoms with Crippen LogP contribution in [0.2, 0.25) is 5.02 Å². The van der Waals surface area contributed by atoms with E-state index in [9.17, 15) is 14.0 Å². The van der Waals surface area contributed by atoms with E-state index in [-0.39, 0.29) is 29.6 Å². The van der Waals surface area contributed by atoms with Crippen molar-refractivity contribution in [3.8, 4) is 0 Å². The first-order chi connectivity index (χ1) is 9.52. The first-order valence-electron chi connectivity index (χ1n) is 6.62. The standard InChI is InChI=1S/C12H12ClFN2O2.C2H6/c1-2-7-5-8(13)11(14)9(6-7)16-4-3-10(17)15-12(16)18;1-2/h5-6H,2-4H2,1H3,(H,15,17,18);1-2H3. The molecule has 0 radical (unpaired) electrons. The topological polar surface area (TPSA) is 49.4 Å². The number of imide groups is 1. The number of anilines is 1. The SMILES string of the molecule is CC.CCc1cc(Cl)c(F)c(N2CCC(=O)NC2=O)c1. The van der Waals surface area contributed by atoms with Crippen LogP contribution in [-0.4, -0.2) is 18.5 Å². The third-order valence-corrected chi connectivity index (χ3v) is 3.10. The molecule has 0 saturated carbocycles.